The summed E-state index contributed by atoms with van der Waals surface area (Å²) in [4.78, 5) is 0. The van der Waals surface area contributed by atoms with Gasteiger partial charge in [-0.25, -0.2) is 0 Å². The molecule has 0 fully saturated rings. The summed E-state index contributed by atoms with van der Waals surface area (Å²) in [5.41, 5.74) is 1.27. The average Bonchev–Trinajstić information content (AvgIpc) is 2.73. The first-order valence-corrected chi connectivity index (χ1v) is 8.00. The third kappa shape index (κ3) is 4.24. The van der Waals surface area contributed by atoms with Crippen LogP contribution >= 0.6 is 0 Å². The third-order valence-corrected chi connectivity index (χ3v) is 3.61. The van der Waals surface area contributed by atoms with Crippen molar-refractivity contribution >= 4 is 0 Å². The Balaban J connectivity index is 1.86. The van der Waals surface area contributed by atoms with Crippen LogP contribution in [0.3, 0.4) is 0 Å². The first-order valence-electron chi connectivity index (χ1n) is 8.00. The number of hydrogen-bond acceptors (Lipinski definition) is 6. The lowest BCUT2D eigenvalue weighted by Crippen LogP contribution is -1.90. The SMILES string of the molecule is N#Cc1cc(C#N)cc(Oc2cccc(Oc3cc(C#N)cc(C#N)c3)c2)c1. The van der Waals surface area contributed by atoms with Gasteiger partial charge in [0.25, 0.3) is 0 Å². The highest BCUT2D eigenvalue weighted by atomic mass is 16.5. The van der Waals surface area contributed by atoms with Crippen molar-refractivity contribution in [2.24, 2.45) is 0 Å². The number of hydrogen-bond donors (Lipinski definition) is 0. The molecule has 3 rings (SSSR count). The van der Waals surface area contributed by atoms with Crippen LogP contribution in [-0.2, 0) is 0 Å². The summed E-state index contributed by atoms with van der Waals surface area (Å²) in [7, 11) is 0. The fourth-order valence-electron chi connectivity index (χ4n) is 2.45. The standard InChI is InChI=1S/C22H10N4O2/c23-11-15-4-16(12-24)7-21(6-15)27-19-2-1-3-20(10-19)28-22-8-17(13-25)5-18(9-22)14-26/h1-10H. The minimum absolute atomic E-state index is 0.318. The molecule has 0 unspecified atom stereocenters. The monoisotopic (exact) mass is 362 g/mol. The van der Waals surface area contributed by atoms with Gasteiger partial charge in [-0.2, -0.15) is 21.0 Å². The van der Waals surface area contributed by atoms with Crippen LogP contribution in [0.4, 0.5) is 0 Å². The van der Waals surface area contributed by atoms with Crippen molar-refractivity contribution in [3.8, 4) is 47.3 Å². The molecule has 0 spiro atoms. The van der Waals surface area contributed by atoms with Crippen LogP contribution in [-0.4, -0.2) is 0 Å². The number of rotatable bonds is 4. The van der Waals surface area contributed by atoms with Crippen LogP contribution < -0.4 is 9.47 Å². The maximum atomic E-state index is 9.06. The van der Waals surface area contributed by atoms with Gasteiger partial charge in [-0.1, -0.05) is 6.07 Å². The minimum Gasteiger partial charge on any atom is -0.457 e. The van der Waals surface area contributed by atoms with Crippen molar-refractivity contribution in [3.05, 3.63) is 82.9 Å². The highest BCUT2D eigenvalue weighted by molar-refractivity contribution is 5.49. The van der Waals surface area contributed by atoms with E-state index in [9.17, 15) is 0 Å². The number of nitriles is 4. The summed E-state index contributed by atoms with van der Waals surface area (Å²) in [6, 6.07) is 23.7. The Morgan fingerprint density at radius 1 is 0.464 bits per heavy atom. The highest BCUT2D eigenvalue weighted by Gasteiger charge is 2.07. The van der Waals surface area contributed by atoms with E-state index in [-0.39, 0.29) is 0 Å². The molecule has 0 radical (unpaired) electrons. The van der Waals surface area contributed by atoms with Crippen molar-refractivity contribution in [1.29, 1.82) is 21.0 Å². The van der Waals surface area contributed by atoms with Gasteiger partial charge in [0.1, 0.15) is 23.0 Å². The van der Waals surface area contributed by atoms with Gasteiger partial charge in [-0.3, -0.25) is 0 Å². The van der Waals surface area contributed by atoms with E-state index in [1.807, 2.05) is 24.3 Å². The molecule has 0 aliphatic heterocycles. The van der Waals surface area contributed by atoms with Crippen LogP contribution in [0.5, 0.6) is 23.0 Å². The smallest absolute Gasteiger partial charge is 0.131 e. The summed E-state index contributed by atoms with van der Waals surface area (Å²) in [6.45, 7) is 0. The molecule has 130 valence electrons. The predicted molar refractivity (Wildman–Crippen MR) is 98.3 cm³/mol. The topological polar surface area (TPSA) is 114 Å². The Morgan fingerprint density at radius 3 is 1.14 bits per heavy atom. The van der Waals surface area contributed by atoms with E-state index in [0.29, 0.717) is 45.3 Å². The first kappa shape index (κ1) is 18.0. The van der Waals surface area contributed by atoms with Crippen LogP contribution in [0.15, 0.2) is 60.7 Å². The van der Waals surface area contributed by atoms with E-state index >= 15 is 0 Å². The van der Waals surface area contributed by atoms with Gasteiger partial charge in [0, 0.05) is 6.07 Å². The quantitative estimate of drug-likeness (QED) is 0.661. The van der Waals surface area contributed by atoms with Gasteiger partial charge in [0.2, 0.25) is 0 Å². The Hall–Kier alpha value is -4.78. The molecule has 0 aliphatic carbocycles. The van der Waals surface area contributed by atoms with E-state index < -0.39 is 0 Å². The lowest BCUT2D eigenvalue weighted by Gasteiger charge is -2.10. The second-order valence-electron chi connectivity index (χ2n) is 5.62. The minimum atomic E-state index is 0.318. The fourth-order valence-corrected chi connectivity index (χ4v) is 2.45. The molecule has 0 aliphatic rings. The summed E-state index contributed by atoms with van der Waals surface area (Å²) in [5, 5.41) is 36.2. The van der Waals surface area contributed by atoms with Gasteiger partial charge in [0.15, 0.2) is 0 Å². The lowest BCUT2D eigenvalue weighted by molar-refractivity contribution is 0.460. The molecule has 0 saturated carbocycles. The van der Waals surface area contributed by atoms with Crippen LogP contribution in [0.25, 0.3) is 0 Å². The molecular formula is C22H10N4O2. The highest BCUT2D eigenvalue weighted by Crippen LogP contribution is 2.30. The Bertz CT molecular complexity index is 1060. The summed E-state index contributed by atoms with van der Waals surface area (Å²) in [6.07, 6.45) is 0. The largest absolute Gasteiger partial charge is 0.457 e. The van der Waals surface area contributed by atoms with Crippen molar-refractivity contribution in [1.82, 2.24) is 0 Å². The Kier molecular flexibility index (Phi) is 5.19. The van der Waals surface area contributed by atoms with Gasteiger partial charge in [-0.05, 0) is 48.5 Å². The van der Waals surface area contributed by atoms with Crippen molar-refractivity contribution < 1.29 is 9.47 Å². The van der Waals surface area contributed by atoms with Gasteiger partial charge in [-0.15, -0.1) is 0 Å². The maximum Gasteiger partial charge on any atom is 0.131 e. The molecule has 0 amide bonds. The van der Waals surface area contributed by atoms with E-state index in [4.69, 9.17) is 30.5 Å². The van der Waals surface area contributed by atoms with Crippen molar-refractivity contribution in [2.45, 2.75) is 0 Å². The van der Waals surface area contributed by atoms with E-state index in [0.717, 1.165) is 0 Å². The van der Waals surface area contributed by atoms with Crippen LogP contribution in [0.1, 0.15) is 22.3 Å². The molecule has 0 bridgehead atoms. The maximum absolute atomic E-state index is 9.06. The van der Waals surface area contributed by atoms with Crippen molar-refractivity contribution in [2.75, 3.05) is 0 Å². The van der Waals surface area contributed by atoms with E-state index in [2.05, 4.69) is 0 Å². The molecule has 0 atom stereocenters. The second-order valence-corrected chi connectivity index (χ2v) is 5.62. The van der Waals surface area contributed by atoms with E-state index in [1.165, 1.54) is 36.4 Å². The fraction of sp³-hybridized carbons (Fsp3) is 0. The number of ether oxygens (including phenoxy) is 2. The van der Waals surface area contributed by atoms with Gasteiger partial charge < -0.3 is 9.47 Å². The number of nitrogens with zero attached hydrogens (tertiary/aromatic N) is 4. The lowest BCUT2D eigenvalue weighted by atomic mass is 10.1. The number of benzene rings is 3. The molecule has 0 N–H and O–H groups in total. The predicted octanol–water partition coefficient (Wildman–Crippen LogP) is 4.76. The molecule has 3 aromatic rings. The van der Waals surface area contributed by atoms with E-state index in [1.54, 1.807) is 24.3 Å². The molecule has 3 aromatic carbocycles. The first-order chi connectivity index (χ1) is 13.6. The second kappa shape index (κ2) is 8.07. The molecule has 0 heterocycles. The third-order valence-electron chi connectivity index (χ3n) is 3.61. The molecule has 0 saturated heterocycles. The van der Waals surface area contributed by atoms with Crippen LogP contribution in [0, 0.1) is 45.3 Å². The molecular weight excluding hydrogens is 352 g/mol. The van der Waals surface area contributed by atoms with Crippen LogP contribution in [0.2, 0.25) is 0 Å². The Morgan fingerprint density at radius 2 is 0.821 bits per heavy atom. The average molecular weight is 362 g/mol. The molecule has 6 heteroatoms. The van der Waals surface area contributed by atoms with Gasteiger partial charge in [0.05, 0.1) is 46.5 Å². The molecule has 0 aromatic heterocycles. The summed E-state index contributed by atoms with van der Waals surface area (Å²) < 4.78 is 11.5. The Labute approximate surface area is 161 Å². The van der Waals surface area contributed by atoms with Crippen molar-refractivity contribution in [3.63, 3.8) is 0 Å². The normalized spacial score (nSPS) is 9.29. The van der Waals surface area contributed by atoms with Gasteiger partial charge >= 0.3 is 0 Å². The zero-order chi connectivity index (χ0) is 19.9. The molecule has 6 nitrogen and oxygen atoms in total. The summed E-state index contributed by atoms with van der Waals surface area (Å²) >= 11 is 0. The zero-order valence-electron chi connectivity index (χ0n) is 14.4. The molecule has 28 heavy (non-hydrogen) atoms. The zero-order valence-corrected chi connectivity index (χ0v) is 14.4. The summed E-state index contributed by atoms with van der Waals surface area (Å²) in [5.74, 6) is 1.58.